The molecule has 4 aromatic rings. The van der Waals surface area contributed by atoms with Gasteiger partial charge in [-0.2, -0.15) is 23.5 Å². The molecule has 1 aliphatic rings. The predicted molar refractivity (Wildman–Crippen MR) is 133 cm³/mol. The van der Waals surface area contributed by atoms with Gasteiger partial charge in [-0.25, -0.2) is 15.0 Å². The largest absolute Gasteiger partial charge is 0.408 e. The zero-order valence-electron chi connectivity index (χ0n) is 19.6. The number of nitriles is 1. The molecule has 0 radical (unpaired) electrons. The van der Waals surface area contributed by atoms with Crippen molar-refractivity contribution < 1.29 is 18.0 Å². The molecule has 0 aliphatic carbocycles. The van der Waals surface area contributed by atoms with Gasteiger partial charge < -0.3 is 10.2 Å². The van der Waals surface area contributed by atoms with E-state index in [0.717, 1.165) is 10.2 Å². The Hall–Kier alpha value is -4.50. The molecule has 4 heterocycles. The van der Waals surface area contributed by atoms with Crippen molar-refractivity contribution in [1.82, 2.24) is 24.7 Å². The number of nitrogens with zero attached hydrogens (tertiary/aromatic N) is 7. The Labute approximate surface area is 219 Å². The first-order valence-corrected chi connectivity index (χ1v) is 11.8. The first kappa shape index (κ1) is 25.2. The molecule has 1 N–H and O–H groups in total. The Bertz CT molecular complexity index is 1560. The highest BCUT2D eigenvalue weighted by Crippen LogP contribution is 2.36. The van der Waals surface area contributed by atoms with Crippen LogP contribution in [0.1, 0.15) is 16.7 Å². The minimum atomic E-state index is -4.39. The van der Waals surface area contributed by atoms with Gasteiger partial charge in [0, 0.05) is 36.8 Å². The van der Waals surface area contributed by atoms with Gasteiger partial charge in [0.1, 0.15) is 17.8 Å². The van der Waals surface area contributed by atoms with Gasteiger partial charge in [0.2, 0.25) is 11.9 Å². The Morgan fingerprint density at radius 1 is 1.18 bits per heavy atom. The highest BCUT2D eigenvalue weighted by molar-refractivity contribution is 6.30. The highest BCUT2D eigenvalue weighted by atomic mass is 35.5. The molecule has 9 nitrogen and oxygen atoms in total. The van der Waals surface area contributed by atoms with Gasteiger partial charge in [0.15, 0.2) is 5.82 Å². The van der Waals surface area contributed by atoms with Crippen LogP contribution in [0.3, 0.4) is 0 Å². The third-order valence-electron chi connectivity index (χ3n) is 5.84. The number of hydrogen-bond acceptors (Lipinski definition) is 7. The van der Waals surface area contributed by atoms with E-state index in [2.05, 4.69) is 31.4 Å². The maximum atomic E-state index is 13.1. The van der Waals surface area contributed by atoms with E-state index in [1.54, 1.807) is 35.4 Å². The third kappa shape index (κ3) is 5.42. The van der Waals surface area contributed by atoms with Gasteiger partial charge in [0.05, 0.1) is 23.4 Å². The number of fused-ring (bicyclic) bond motifs is 1. The second kappa shape index (κ2) is 10.1. The number of pyridine rings is 1. The fourth-order valence-corrected chi connectivity index (χ4v) is 4.42. The summed E-state index contributed by atoms with van der Waals surface area (Å²) in [5.41, 5.74) is 3.43. The lowest BCUT2D eigenvalue weighted by atomic mass is 10.0. The van der Waals surface area contributed by atoms with Crippen LogP contribution in [0.15, 0.2) is 55.0 Å². The summed E-state index contributed by atoms with van der Waals surface area (Å²) >= 11 is 6.11. The van der Waals surface area contributed by atoms with Crippen LogP contribution in [0.5, 0.6) is 0 Å². The molecule has 0 bridgehead atoms. The molecule has 192 valence electrons. The van der Waals surface area contributed by atoms with Crippen molar-refractivity contribution in [2.75, 3.05) is 16.8 Å². The van der Waals surface area contributed by atoms with Crippen LogP contribution in [-0.4, -0.2) is 43.4 Å². The Kier molecular flexibility index (Phi) is 6.69. The van der Waals surface area contributed by atoms with E-state index in [1.165, 1.54) is 18.5 Å². The number of aromatic nitrogens is 5. The molecule has 1 amide bonds. The standard InChI is InChI=1S/C25H18ClF3N8O/c26-23-16(2-1-6-31-23)12-21(38)37-9-4-15-10-17(11-18(13-30)22(15)37)19-3-7-32-24(33-19)34-20-5-8-36(35-20)14-25(27,28)29/h1-3,5-8,10-11H,4,9,12,14H2,(H,32,33,34,35). The fourth-order valence-electron chi connectivity index (χ4n) is 4.23. The first-order valence-electron chi connectivity index (χ1n) is 11.4. The first-order chi connectivity index (χ1) is 18.2. The highest BCUT2D eigenvalue weighted by Gasteiger charge is 2.30. The maximum absolute atomic E-state index is 13.1. The number of alkyl halides is 3. The Morgan fingerprint density at radius 2 is 2.03 bits per heavy atom. The number of carbonyl (C=O) groups excluding carboxylic acids is 1. The lowest BCUT2D eigenvalue weighted by Crippen LogP contribution is -2.31. The SMILES string of the molecule is N#Cc1cc(-c2ccnc(Nc3ccn(CC(F)(F)F)n3)n2)cc2c1N(C(=O)Cc1cccnc1Cl)CC2. The molecule has 5 rings (SSSR count). The summed E-state index contributed by atoms with van der Waals surface area (Å²) in [5, 5.41) is 16.8. The van der Waals surface area contributed by atoms with Crippen molar-refractivity contribution in [2.45, 2.75) is 25.6 Å². The van der Waals surface area contributed by atoms with Gasteiger partial charge in [-0.05, 0) is 41.8 Å². The summed E-state index contributed by atoms with van der Waals surface area (Å²) in [6.45, 7) is -0.794. The monoisotopic (exact) mass is 538 g/mol. The van der Waals surface area contributed by atoms with Crippen molar-refractivity contribution in [2.24, 2.45) is 0 Å². The van der Waals surface area contributed by atoms with Crippen LogP contribution >= 0.6 is 11.6 Å². The molecule has 0 spiro atoms. The van der Waals surface area contributed by atoms with E-state index in [0.29, 0.717) is 41.0 Å². The number of hydrogen-bond donors (Lipinski definition) is 1. The summed E-state index contributed by atoms with van der Waals surface area (Å²) in [6, 6.07) is 12.2. The number of halogens is 4. The van der Waals surface area contributed by atoms with Crippen molar-refractivity contribution >= 4 is 35.0 Å². The van der Waals surface area contributed by atoms with E-state index < -0.39 is 12.7 Å². The molecule has 3 aromatic heterocycles. The Morgan fingerprint density at radius 3 is 2.79 bits per heavy atom. The second-order valence-electron chi connectivity index (χ2n) is 8.47. The van der Waals surface area contributed by atoms with Crippen molar-refractivity contribution in [1.29, 1.82) is 5.26 Å². The maximum Gasteiger partial charge on any atom is 0.408 e. The molecular formula is C25H18ClF3N8O. The lowest BCUT2D eigenvalue weighted by Gasteiger charge is -2.19. The average molecular weight is 539 g/mol. The van der Waals surface area contributed by atoms with E-state index in [9.17, 15) is 23.2 Å². The minimum Gasteiger partial charge on any atom is -0.310 e. The molecule has 13 heteroatoms. The molecule has 1 aliphatic heterocycles. The van der Waals surface area contributed by atoms with Gasteiger partial charge in [-0.3, -0.25) is 9.48 Å². The number of rotatable bonds is 6. The molecule has 0 unspecified atom stereocenters. The summed E-state index contributed by atoms with van der Waals surface area (Å²) in [7, 11) is 0. The van der Waals surface area contributed by atoms with E-state index in [4.69, 9.17) is 11.6 Å². The van der Waals surface area contributed by atoms with Gasteiger partial charge >= 0.3 is 6.18 Å². The van der Waals surface area contributed by atoms with E-state index in [1.807, 2.05) is 6.07 Å². The van der Waals surface area contributed by atoms with Crippen LogP contribution in [0.4, 0.5) is 30.6 Å². The summed E-state index contributed by atoms with van der Waals surface area (Å²) < 4.78 is 38.6. The minimum absolute atomic E-state index is 0.0540. The number of nitrogens with one attached hydrogen (secondary N) is 1. The number of anilines is 3. The molecule has 0 fully saturated rings. The average Bonchev–Trinajstić information content (AvgIpc) is 3.50. The normalized spacial score (nSPS) is 12.8. The van der Waals surface area contributed by atoms with Crippen LogP contribution in [0.2, 0.25) is 5.15 Å². The fraction of sp³-hybridized carbons (Fsp3) is 0.200. The smallest absolute Gasteiger partial charge is 0.310 e. The van der Waals surface area contributed by atoms with Crippen molar-refractivity contribution in [3.8, 4) is 17.3 Å². The number of benzene rings is 1. The van der Waals surface area contributed by atoms with Crippen LogP contribution in [-0.2, 0) is 24.2 Å². The molecule has 0 atom stereocenters. The predicted octanol–water partition coefficient (Wildman–Crippen LogP) is 4.70. The zero-order valence-corrected chi connectivity index (χ0v) is 20.3. The number of carbonyl (C=O) groups is 1. The van der Waals surface area contributed by atoms with E-state index in [-0.39, 0.29) is 29.2 Å². The van der Waals surface area contributed by atoms with Gasteiger partial charge in [-0.15, -0.1) is 0 Å². The van der Waals surface area contributed by atoms with Gasteiger partial charge in [-0.1, -0.05) is 17.7 Å². The molecule has 0 saturated carbocycles. The second-order valence-corrected chi connectivity index (χ2v) is 8.83. The quantitative estimate of drug-likeness (QED) is 0.354. The summed E-state index contributed by atoms with van der Waals surface area (Å²) in [4.78, 5) is 27.2. The molecule has 1 aromatic carbocycles. The Balaban J connectivity index is 1.38. The van der Waals surface area contributed by atoms with E-state index >= 15 is 0 Å². The summed E-state index contributed by atoms with van der Waals surface area (Å²) in [6.07, 6.45) is 0.456. The molecule has 0 saturated heterocycles. The molecular weight excluding hydrogens is 521 g/mol. The van der Waals surface area contributed by atoms with Crippen LogP contribution in [0, 0.1) is 11.3 Å². The molecule has 38 heavy (non-hydrogen) atoms. The van der Waals surface area contributed by atoms with Crippen molar-refractivity contribution in [3.05, 3.63) is 76.8 Å². The van der Waals surface area contributed by atoms with Crippen LogP contribution in [0.25, 0.3) is 11.3 Å². The summed E-state index contributed by atoms with van der Waals surface area (Å²) in [5.74, 6) is 0.0891. The van der Waals surface area contributed by atoms with Crippen LogP contribution < -0.4 is 10.2 Å². The van der Waals surface area contributed by atoms with Crippen molar-refractivity contribution in [3.63, 3.8) is 0 Å². The lowest BCUT2D eigenvalue weighted by molar-refractivity contribution is -0.142. The van der Waals surface area contributed by atoms with Gasteiger partial charge in [0.25, 0.3) is 0 Å². The topological polar surface area (TPSA) is 113 Å². The third-order valence-corrected chi connectivity index (χ3v) is 6.18. The zero-order chi connectivity index (χ0) is 26.9. The number of amides is 1.